The Morgan fingerprint density at radius 3 is 2.89 bits per heavy atom. The average Bonchev–Trinajstić information content (AvgIpc) is 2.63. The summed E-state index contributed by atoms with van der Waals surface area (Å²) in [6.07, 6.45) is 0.0808. The number of aromatic nitrogens is 1. The Bertz CT molecular complexity index is 658. The lowest BCUT2D eigenvalue weighted by Crippen LogP contribution is -2.15. The van der Waals surface area contributed by atoms with Crippen LogP contribution in [0.4, 0.5) is 10.1 Å². The summed E-state index contributed by atoms with van der Waals surface area (Å²) in [4.78, 5) is 15.5. The molecule has 0 aliphatic carbocycles. The number of hydrogen-bond acceptors (Lipinski definition) is 4. The number of carbonyl (C=O) groups excluding carboxylic acids is 1. The van der Waals surface area contributed by atoms with Gasteiger partial charge in [-0.15, -0.1) is 11.3 Å². The monoisotopic (exact) mass is 298 g/mol. The van der Waals surface area contributed by atoms with E-state index in [2.05, 4.69) is 10.3 Å². The van der Waals surface area contributed by atoms with E-state index in [1.807, 2.05) is 6.92 Å². The van der Waals surface area contributed by atoms with Crippen LogP contribution in [-0.2, 0) is 11.2 Å². The number of amides is 1. The van der Waals surface area contributed by atoms with Crippen LogP contribution in [-0.4, -0.2) is 16.0 Å². The number of phenolic OH excluding ortho intramolecular Hbond substituents is 1. The lowest BCUT2D eigenvalue weighted by Gasteiger charge is -2.07. The van der Waals surface area contributed by atoms with Crippen LogP contribution in [0.1, 0.15) is 10.6 Å². The molecule has 0 aliphatic heterocycles. The average molecular weight is 298 g/mol. The zero-order valence-corrected chi connectivity index (χ0v) is 11.6. The van der Waals surface area contributed by atoms with Gasteiger partial charge in [0.05, 0.1) is 6.42 Å². The molecule has 19 heavy (non-hydrogen) atoms. The van der Waals surface area contributed by atoms with E-state index in [9.17, 15) is 14.3 Å². The molecule has 2 aromatic rings. The molecule has 3 N–H and O–H groups in total. The first-order valence-electron chi connectivity index (χ1n) is 5.43. The molecule has 0 saturated heterocycles. The van der Waals surface area contributed by atoms with Crippen molar-refractivity contribution >= 4 is 35.1 Å². The smallest absolute Gasteiger partial charge is 0.229 e. The molecule has 2 rings (SSSR count). The highest BCUT2D eigenvalue weighted by molar-refractivity contribution is 7.73. The third-order valence-corrected chi connectivity index (χ3v) is 3.84. The van der Waals surface area contributed by atoms with E-state index in [4.69, 9.17) is 12.2 Å². The highest BCUT2D eigenvalue weighted by Gasteiger charge is 2.13. The van der Waals surface area contributed by atoms with E-state index < -0.39 is 11.7 Å². The highest BCUT2D eigenvalue weighted by atomic mass is 32.1. The maximum atomic E-state index is 13.4. The Kier molecular flexibility index (Phi) is 3.96. The second-order valence-electron chi connectivity index (χ2n) is 3.92. The van der Waals surface area contributed by atoms with Crippen LogP contribution < -0.4 is 5.32 Å². The normalized spacial score (nSPS) is 10.4. The highest BCUT2D eigenvalue weighted by Crippen LogP contribution is 2.26. The molecule has 0 radical (unpaired) electrons. The summed E-state index contributed by atoms with van der Waals surface area (Å²) >= 11 is 6.28. The second kappa shape index (κ2) is 5.50. The number of thiazole rings is 1. The van der Waals surface area contributed by atoms with Crippen molar-refractivity contribution < 1.29 is 14.3 Å². The molecule has 1 aromatic carbocycles. The number of aromatic amines is 1. The van der Waals surface area contributed by atoms with Crippen molar-refractivity contribution in [1.29, 1.82) is 0 Å². The van der Waals surface area contributed by atoms with Gasteiger partial charge in [-0.2, -0.15) is 0 Å². The molecule has 1 heterocycles. The van der Waals surface area contributed by atoms with Crippen LogP contribution in [0.15, 0.2) is 18.2 Å². The van der Waals surface area contributed by atoms with Crippen molar-refractivity contribution in [1.82, 2.24) is 4.98 Å². The first-order valence-corrected chi connectivity index (χ1v) is 6.65. The molecular formula is C12H11FN2O2S2. The van der Waals surface area contributed by atoms with Crippen molar-refractivity contribution in [2.24, 2.45) is 0 Å². The standard InChI is InChI=1S/C12H11FN2O2S2/c1-6-9(19-12(18)14-6)5-10(17)15-11-7(13)3-2-4-8(11)16/h2-4,16H,5H2,1H3,(H,14,18)(H,15,17). The lowest BCUT2D eigenvalue weighted by atomic mass is 10.2. The second-order valence-corrected chi connectivity index (χ2v) is 5.69. The predicted molar refractivity (Wildman–Crippen MR) is 74.6 cm³/mol. The van der Waals surface area contributed by atoms with Crippen molar-refractivity contribution in [3.8, 4) is 5.75 Å². The summed E-state index contributed by atoms with van der Waals surface area (Å²) in [5.41, 5.74) is 0.618. The van der Waals surface area contributed by atoms with E-state index in [0.29, 0.717) is 3.95 Å². The Labute approximate surface area is 117 Å². The zero-order valence-electron chi connectivity index (χ0n) is 9.99. The summed E-state index contributed by atoms with van der Waals surface area (Å²) < 4.78 is 14.0. The number of halogens is 1. The summed E-state index contributed by atoms with van der Waals surface area (Å²) in [7, 11) is 0. The number of benzene rings is 1. The first-order chi connectivity index (χ1) is 8.97. The van der Waals surface area contributed by atoms with Gasteiger partial charge in [-0.05, 0) is 31.3 Å². The number of aromatic hydroxyl groups is 1. The van der Waals surface area contributed by atoms with Gasteiger partial charge in [-0.25, -0.2) is 4.39 Å². The van der Waals surface area contributed by atoms with Gasteiger partial charge in [0.15, 0.2) is 9.77 Å². The fourth-order valence-electron chi connectivity index (χ4n) is 1.57. The number of carbonyl (C=O) groups is 1. The van der Waals surface area contributed by atoms with Crippen molar-refractivity contribution in [3.05, 3.63) is 38.5 Å². The van der Waals surface area contributed by atoms with E-state index >= 15 is 0 Å². The Morgan fingerprint density at radius 2 is 2.32 bits per heavy atom. The molecule has 0 atom stereocenters. The van der Waals surface area contributed by atoms with Gasteiger partial charge in [-0.1, -0.05) is 6.07 Å². The molecule has 7 heteroatoms. The van der Waals surface area contributed by atoms with Crippen molar-refractivity contribution in [3.63, 3.8) is 0 Å². The Balaban J connectivity index is 2.14. The number of H-pyrrole nitrogens is 1. The topological polar surface area (TPSA) is 65.1 Å². The minimum atomic E-state index is -0.674. The number of phenols is 1. The van der Waals surface area contributed by atoms with Crippen molar-refractivity contribution in [2.45, 2.75) is 13.3 Å². The summed E-state index contributed by atoms with van der Waals surface area (Å²) in [6.45, 7) is 1.81. The van der Waals surface area contributed by atoms with E-state index in [-0.39, 0.29) is 17.9 Å². The fourth-order valence-corrected chi connectivity index (χ4v) is 2.86. The molecule has 0 spiro atoms. The quantitative estimate of drug-likeness (QED) is 0.602. The molecule has 0 saturated carbocycles. The van der Waals surface area contributed by atoms with Gasteiger partial charge < -0.3 is 15.4 Å². The molecule has 0 bridgehead atoms. The van der Waals surface area contributed by atoms with E-state index in [1.165, 1.54) is 29.5 Å². The molecule has 100 valence electrons. The van der Waals surface area contributed by atoms with Crippen LogP contribution in [0.3, 0.4) is 0 Å². The Hall–Kier alpha value is -1.73. The van der Waals surface area contributed by atoms with Gasteiger partial charge in [0.25, 0.3) is 0 Å². The molecule has 4 nitrogen and oxygen atoms in total. The summed E-state index contributed by atoms with van der Waals surface area (Å²) in [5.74, 6) is -1.38. The predicted octanol–water partition coefficient (Wildman–Crippen LogP) is 3.14. The summed E-state index contributed by atoms with van der Waals surface area (Å²) in [5, 5.41) is 11.8. The van der Waals surface area contributed by atoms with E-state index in [1.54, 1.807) is 0 Å². The number of para-hydroxylation sites is 1. The number of anilines is 1. The third-order valence-electron chi connectivity index (χ3n) is 2.50. The van der Waals surface area contributed by atoms with Gasteiger partial charge in [-0.3, -0.25) is 4.79 Å². The number of rotatable bonds is 3. The molecule has 0 unspecified atom stereocenters. The maximum Gasteiger partial charge on any atom is 0.229 e. The SMILES string of the molecule is Cc1[nH]c(=S)sc1CC(=O)Nc1c(O)cccc1F. The summed E-state index contributed by atoms with van der Waals surface area (Å²) in [6, 6.07) is 3.84. The number of aryl methyl sites for hydroxylation is 1. The van der Waals surface area contributed by atoms with E-state index in [0.717, 1.165) is 10.6 Å². The maximum absolute atomic E-state index is 13.4. The largest absolute Gasteiger partial charge is 0.506 e. The van der Waals surface area contributed by atoms with Crippen LogP contribution in [0.5, 0.6) is 5.75 Å². The molecular weight excluding hydrogens is 287 g/mol. The van der Waals surface area contributed by atoms with Gasteiger partial charge in [0.1, 0.15) is 11.4 Å². The van der Waals surface area contributed by atoms with Gasteiger partial charge in [0.2, 0.25) is 5.91 Å². The third kappa shape index (κ3) is 3.18. The fraction of sp³-hybridized carbons (Fsp3) is 0.167. The van der Waals surface area contributed by atoms with Crippen molar-refractivity contribution in [2.75, 3.05) is 5.32 Å². The lowest BCUT2D eigenvalue weighted by molar-refractivity contribution is -0.115. The van der Waals surface area contributed by atoms with Crippen LogP contribution in [0.25, 0.3) is 0 Å². The first kappa shape index (κ1) is 13.7. The molecule has 0 fully saturated rings. The molecule has 0 aliphatic rings. The minimum absolute atomic E-state index is 0.0808. The number of nitrogens with one attached hydrogen (secondary N) is 2. The van der Waals surface area contributed by atoms with Crippen LogP contribution in [0, 0.1) is 16.7 Å². The minimum Gasteiger partial charge on any atom is -0.506 e. The van der Waals surface area contributed by atoms with Crippen LogP contribution >= 0.6 is 23.6 Å². The Morgan fingerprint density at radius 1 is 1.58 bits per heavy atom. The van der Waals surface area contributed by atoms with Crippen LogP contribution in [0.2, 0.25) is 0 Å². The molecule has 1 aromatic heterocycles. The zero-order chi connectivity index (χ0) is 14.0. The number of hydrogen-bond donors (Lipinski definition) is 3. The van der Waals surface area contributed by atoms with Gasteiger partial charge >= 0.3 is 0 Å². The molecule has 1 amide bonds. The van der Waals surface area contributed by atoms with Gasteiger partial charge in [0, 0.05) is 10.6 Å².